The third-order valence-corrected chi connectivity index (χ3v) is 3.08. The fourth-order valence-electron chi connectivity index (χ4n) is 1.70. The summed E-state index contributed by atoms with van der Waals surface area (Å²) in [6, 6.07) is 14.3. The van der Waals surface area contributed by atoms with Crippen LogP contribution in [-0.4, -0.2) is 19.5 Å². The Hall–Kier alpha value is -1.84. The zero-order chi connectivity index (χ0) is 14.4. The highest BCUT2D eigenvalue weighted by Crippen LogP contribution is 2.13. The Kier molecular flexibility index (Phi) is 5.16. The highest BCUT2D eigenvalue weighted by Gasteiger charge is 2.06. The number of hydrogen-bond acceptors (Lipinski definition) is 3. The van der Waals surface area contributed by atoms with E-state index in [0.717, 1.165) is 11.3 Å². The number of carbonyl (C=O) groups excluding carboxylic acids is 1. The first-order valence-electron chi connectivity index (χ1n) is 6.18. The van der Waals surface area contributed by atoms with Crippen LogP contribution in [0.4, 0.5) is 0 Å². The molecule has 0 heterocycles. The monoisotopic (exact) mass is 290 g/mol. The molecule has 4 heteroatoms. The quantitative estimate of drug-likeness (QED) is 0.760. The highest BCUT2D eigenvalue weighted by atomic mass is 35.5. The summed E-state index contributed by atoms with van der Waals surface area (Å²) >= 11 is 5.80. The van der Waals surface area contributed by atoms with Gasteiger partial charge in [-0.25, -0.2) is 0 Å². The Morgan fingerprint density at radius 2 is 1.70 bits per heavy atom. The lowest BCUT2D eigenvalue weighted by molar-refractivity contribution is 0.0726. The lowest BCUT2D eigenvalue weighted by Crippen LogP contribution is -2.09. The zero-order valence-corrected chi connectivity index (χ0v) is 11.9. The van der Waals surface area contributed by atoms with Crippen molar-refractivity contribution in [1.82, 2.24) is 0 Å². The number of ketones is 1. The average Bonchev–Trinajstić information content (AvgIpc) is 2.49. The second kappa shape index (κ2) is 7.08. The lowest BCUT2D eigenvalue weighted by Gasteiger charge is -2.05. The van der Waals surface area contributed by atoms with Gasteiger partial charge in [-0.2, -0.15) is 0 Å². The first-order chi connectivity index (χ1) is 9.69. The van der Waals surface area contributed by atoms with Gasteiger partial charge in [0.2, 0.25) is 0 Å². The molecule has 0 fully saturated rings. The largest absolute Gasteiger partial charge is 0.497 e. The molecule has 2 rings (SSSR count). The molecule has 0 unspecified atom stereocenters. The zero-order valence-electron chi connectivity index (χ0n) is 11.1. The van der Waals surface area contributed by atoms with Gasteiger partial charge in [0, 0.05) is 10.6 Å². The normalized spacial score (nSPS) is 10.3. The summed E-state index contributed by atoms with van der Waals surface area (Å²) in [6.45, 7) is 0.439. The summed E-state index contributed by atoms with van der Waals surface area (Å²) in [5.41, 5.74) is 1.60. The van der Waals surface area contributed by atoms with Crippen LogP contribution in [0.15, 0.2) is 48.5 Å². The van der Waals surface area contributed by atoms with E-state index < -0.39 is 0 Å². The van der Waals surface area contributed by atoms with E-state index in [-0.39, 0.29) is 12.4 Å². The van der Waals surface area contributed by atoms with Crippen molar-refractivity contribution in [3.05, 3.63) is 64.7 Å². The highest BCUT2D eigenvalue weighted by molar-refractivity contribution is 6.30. The fraction of sp³-hybridized carbons (Fsp3) is 0.188. The van der Waals surface area contributed by atoms with Gasteiger partial charge in [0.05, 0.1) is 13.7 Å². The Morgan fingerprint density at radius 3 is 2.30 bits per heavy atom. The van der Waals surface area contributed by atoms with Crippen LogP contribution in [0.2, 0.25) is 5.02 Å². The number of Topliss-reactive ketones (excluding diaryl/α,β-unsaturated/α-hetero) is 1. The van der Waals surface area contributed by atoms with Gasteiger partial charge in [-0.15, -0.1) is 0 Å². The van der Waals surface area contributed by atoms with Crippen molar-refractivity contribution in [2.75, 3.05) is 13.7 Å². The van der Waals surface area contributed by atoms with Gasteiger partial charge in [-0.3, -0.25) is 4.79 Å². The van der Waals surface area contributed by atoms with Crippen LogP contribution in [0, 0.1) is 0 Å². The van der Waals surface area contributed by atoms with Crippen molar-refractivity contribution in [3.8, 4) is 5.75 Å². The molecule has 0 saturated carbocycles. The molecular formula is C16H15ClO3. The van der Waals surface area contributed by atoms with E-state index >= 15 is 0 Å². The molecule has 0 radical (unpaired) electrons. The number of rotatable bonds is 6. The summed E-state index contributed by atoms with van der Waals surface area (Å²) in [6.07, 6.45) is 0. The van der Waals surface area contributed by atoms with E-state index in [4.69, 9.17) is 21.1 Å². The molecular weight excluding hydrogens is 276 g/mol. The van der Waals surface area contributed by atoms with Crippen LogP contribution in [-0.2, 0) is 11.3 Å². The second-order valence-corrected chi connectivity index (χ2v) is 4.71. The Labute approximate surface area is 123 Å². The Balaban J connectivity index is 1.83. The first kappa shape index (κ1) is 14.6. The molecule has 0 aliphatic heterocycles. The molecule has 0 N–H and O–H groups in total. The SMILES string of the molecule is COc1ccc(C(=O)COCc2ccc(Cl)cc2)cc1. The van der Waals surface area contributed by atoms with Gasteiger partial charge in [0.1, 0.15) is 12.4 Å². The number of halogens is 1. The topological polar surface area (TPSA) is 35.5 Å². The number of carbonyl (C=O) groups is 1. The second-order valence-electron chi connectivity index (χ2n) is 4.27. The predicted octanol–water partition coefficient (Wildman–Crippen LogP) is 3.75. The molecule has 2 aromatic carbocycles. The Morgan fingerprint density at radius 1 is 1.05 bits per heavy atom. The lowest BCUT2D eigenvalue weighted by atomic mass is 10.1. The first-order valence-corrected chi connectivity index (χ1v) is 6.56. The fourth-order valence-corrected chi connectivity index (χ4v) is 1.83. The van der Waals surface area contributed by atoms with Crippen molar-refractivity contribution >= 4 is 17.4 Å². The molecule has 104 valence electrons. The number of methoxy groups -OCH3 is 1. The minimum absolute atomic E-state index is 0.0506. The van der Waals surface area contributed by atoms with Gasteiger partial charge in [0.15, 0.2) is 5.78 Å². The molecule has 2 aromatic rings. The molecule has 0 atom stereocenters. The molecule has 0 aromatic heterocycles. The van der Waals surface area contributed by atoms with Gasteiger partial charge in [-0.1, -0.05) is 23.7 Å². The van der Waals surface area contributed by atoms with Gasteiger partial charge >= 0.3 is 0 Å². The molecule has 0 aliphatic carbocycles. The van der Waals surface area contributed by atoms with Crippen molar-refractivity contribution in [2.45, 2.75) is 6.61 Å². The van der Waals surface area contributed by atoms with Crippen LogP contribution in [0.1, 0.15) is 15.9 Å². The third kappa shape index (κ3) is 4.08. The van der Waals surface area contributed by atoms with E-state index in [1.807, 2.05) is 12.1 Å². The van der Waals surface area contributed by atoms with E-state index in [0.29, 0.717) is 17.2 Å². The third-order valence-electron chi connectivity index (χ3n) is 2.83. The maximum atomic E-state index is 11.9. The van der Waals surface area contributed by atoms with E-state index in [1.54, 1.807) is 43.5 Å². The molecule has 3 nitrogen and oxygen atoms in total. The van der Waals surface area contributed by atoms with Crippen LogP contribution in [0.25, 0.3) is 0 Å². The predicted molar refractivity (Wildman–Crippen MR) is 78.4 cm³/mol. The maximum Gasteiger partial charge on any atom is 0.188 e. The van der Waals surface area contributed by atoms with Crippen molar-refractivity contribution in [1.29, 1.82) is 0 Å². The molecule has 0 spiro atoms. The molecule has 0 aliphatic rings. The van der Waals surface area contributed by atoms with E-state index in [1.165, 1.54) is 0 Å². The van der Waals surface area contributed by atoms with Crippen LogP contribution in [0.5, 0.6) is 5.75 Å². The summed E-state index contributed by atoms with van der Waals surface area (Å²) in [4.78, 5) is 11.9. The number of hydrogen-bond donors (Lipinski definition) is 0. The summed E-state index contributed by atoms with van der Waals surface area (Å²) < 4.78 is 10.5. The smallest absolute Gasteiger partial charge is 0.188 e. The average molecular weight is 291 g/mol. The van der Waals surface area contributed by atoms with Crippen LogP contribution < -0.4 is 4.74 Å². The molecule has 20 heavy (non-hydrogen) atoms. The number of ether oxygens (including phenoxy) is 2. The summed E-state index contributed by atoms with van der Waals surface area (Å²) in [5.74, 6) is 0.672. The van der Waals surface area contributed by atoms with E-state index in [9.17, 15) is 4.79 Å². The van der Waals surface area contributed by atoms with Crippen LogP contribution in [0.3, 0.4) is 0 Å². The molecule has 0 saturated heterocycles. The molecule has 0 amide bonds. The number of benzene rings is 2. The maximum absolute atomic E-state index is 11.9. The summed E-state index contributed by atoms with van der Waals surface area (Å²) in [5, 5.41) is 0.683. The van der Waals surface area contributed by atoms with Gasteiger partial charge in [0.25, 0.3) is 0 Å². The van der Waals surface area contributed by atoms with E-state index in [2.05, 4.69) is 0 Å². The van der Waals surface area contributed by atoms with Crippen molar-refractivity contribution in [3.63, 3.8) is 0 Å². The van der Waals surface area contributed by atoms with Gasteiger partial charge < -0.3 is 9.47 Å². The van der Waals surface area contributed by atoms with Crippen molar-refractivity contribution < 1.29 is 14.3 Å². The van der Waals surface area contributed by atoms with Crippen molar-refractivity contribution in [2.24, 2.45) is 0 Å². The minimum atomic E-state index is -0.0541. The standard InChI is InChI=1S/C16H15ClO3/c1-19-15-8-4-13(5-9-15)16(18)11-20-10-12-2-6-14(17)7-3-12/h2-9H,10-11H2,1H3. The van der Waals surface area contributed by atoms with Gasteiger partial charge in [-0.05, 0) is 42.0 Å². The Bertz CT molecular complexity index is 561. The summed E-state index contributed by atoms with van der Waals surface area (Å²) in [7, 11) is 1.59. The minimum Gasteiger partial charge on any atom is -0.497 e. The van der Waals surface area contributed by atoms with Crippen LogP contribution >= 0.6 is 11.6 Å². The molecule has 0 bridgehead atoms.